The molecule has 0 aliphatic heterocycles. The molecule has 2 N–H and O–H groups in total. The molecular formula is C17H25N5O. The van der Waals surface area contributed by atoms with Crippen molar-refractivity contribution in [3.63, 3.8) is 0 Å². The molecule has 0 unspecified atom stereocenters. The second-order valence-corrected chi connectivity index (χ2v) is 4.36. The van der Waals surface area contributed by atoms with Gasteiger partial charge in [-0.1, -0.05) is 37.6 Å². The number of benzene rings is 1. The van der Waals surface area contributed by atoms with Crippen LogP contribution >= 0.6 is 0 Å². The SMILES string of the molecule is C=CCNc1nc(Nc2ccc(C)cc2)nc(OCC)n1.CC. The molecule has 0 bridgehead atoms. The van der Waals surface area contributed by atoms with E-state index in [2.05, 4.69) is 32.2 Å². The van der Waals surface area contributed by atoms with Crippen LogP contribution in [0.4, 0.5) is 17.6 Å². The van der Waals surface area contributed by atoms with E-state index in [4.69, 9.17) is 4.74 Å². The van der Waals surface area contributed by atoms with E-state index in [1.54, 1.807) is 6.08 Å². The number of aryl methyl sites for hydroxylation is 1. The molecule has 2 rings (SSSR count). The van der Waals surface area contributed by atoms with Crippen molar-refractivity contribution in [3.05, 3.63) is 42.5 Å². The number of nitrogens with one attached hydrogen (secondary N) is 2. The molecule has 2 aromatic rings. The number of anilines is 3. The summed E-state index contributed by atoms with van der Waals surface area (Å²) >= 11 is 0. The minimum absolute atomic E-state index is 0.286. The van der Waals surface area contributed by atoms with Crippen LogP contribution in [0.5, 0.6) is 6.01 Å². The monoisotopic (exact) mass is 315 g/mol. The third-order valence-electron chi connectivity index (χ3n) is 2.60. The van der Waals surface area contributed by atoms with Gasteiger partial charge >= 0.3 is 6.01 Å². The van der Waals surface area contributed by atoms with Gasteiger partial charge in [-0.05, 0) is 26.0 Å². The molecule has 0 spiro atoms. The van der Waals surface area contributed by atoms with Gasteiger partial charge in [0.2, 0.25) is 11.9 Å². The summed E-state index contributed by atoms with van der Waals surface area (Å²) in [4.78, 5) is 12.7. The number of rotatable bonds is 7. The average molecular weight is 315 g/mol. The first-order valence-electron chi connectivity index (χ1n) is 7.78. The molecule has 1 aromatic heterocycles. The maximum atomic E-state index is 5.36. The van der Waals surface area contributed by atoms with Crippen LogP contribution in [-0.2, 0) is 0 Å². The van der Waals surface area contributed by atoms with Gasteiger partial charge < -0.3 is 15.4 Å². The van der Waals surface area contributed by atoms with E-state index in [9.17, 15) is 0 Å². The minimum Gasteiger partial charge on any atom is -0.464 e. The Hall–Kier alpha value is -2.63. The van der Waals surface area contributed by atoms with E-state index in [0.717, 1.165) is 5.69 Å². The van der Waals surface area contributed by atoms with E-state index in [0.29, 0.717) is 25.0 Å². The van der Waals surface area contributed by atoms with E-state index < -0.39 is 0 Å². The molecule has 0 aliphatic rings. The van der Waals surface area contributed by atoms with Crippen molar-refractivity contribution in [2.75, 3.05) is 23.8 Å². The average Bonchev–Trinajstić information content (AvgIpc) is 2.57. The summed E-state index contributed by atoms with van der Waals surface area (Å²) in [7, 11) is 0. The van der Waals surface area contributed by atoms with Gasteiger partial charge in [0.05, 0.1) is 6.61 Å². The Balaban J connectivity index is 0.00000127. The zero-order valence-corrected chi connectivity index (χ0v) is 14.3. The van der Waals surface area contributed by atoms with E-state index in [1.165, 1.54) is 5.56 Å². The third kappa shape index (κ3) is 6.34. The van der Waals surface area contributed by atoms with Crippen molar-refractivity contribution < 1.29 is 4.74 Å². The number of hydrogen-bond donors (Lipinski definition) is 2. The van der Waals surface area contributed by atoms with Crippen LogP contribution < -0.4 is 15.4 Å². The first-order valence-corrected chi connectivity index (χ1v) is 7.78. The molecule has 0 fully saturated rings. The van der Waals surface area contributed by atoms with Crippen molar-refractivity contribution >= 4 is 17.6 Å². The summed E-state index contributed by atoms with van der Waals surface area (Å²) < 4.78 is 5.36. The van der Waals surface area contributed by atoms with Gasteiger partial charge in [0.25, 0.3) is 0 Å². The minimum atomic E-state index is 0.286. The van der Waals surface area contributed by atoms with Crippen LogP contribution in [0, 0.1) is 6.92 Å². The molecule has 0 atom stereocenters. The fourth-order valence-electron chi connectivity index (χ4n) is 1.61. The zero-order valence-electron chi connectivity index (χ0n) is 14.3. The van der Waals surface area contributed by atoms with Crippen LogP contribution in [0.3, 0.4) is 0 Å². The van der Waals surface area contributed by atoms with E-state index in [-0.39, 0.29) is 6.01 Å². The van der Waals surface area contributed by atoms with Gasteiger partial charge in [-0.25, -0.2) is 0 Å². The van der Waals surface area contributed by atoms with Crippen molar-refractivity contribution in [1.29, 1.82) is 0 Å². The molecular weight excluding hydrogens is 290 g/mol. The second kappa shape index (κ2) is 10.2. The van der Waals surface area contributed by atoms with Crippen molar-refractivity contribution in [1.82, 2.24) is 15.0 Å². The predicted octanol–water partition coefficient (Wildman–Crippen LogP) is 3.95. The number of hydrogen-bond acceptors (Lipinski definition) is 6. The highest BCUT2D eigenvalue weighted by Gasteiger charge is 2.07. The van der Waals surface area contributed by atoms with Crippen LogP contribution in [0.25, 0.3) is 0 Å². The molecule has 6 heteroatoms. The van der Waals surface area contributed by atoms with E-state index >= 15 is 0 Å². The highest BCUT2D eigenvalue weighted by molar-refractivity contribution is 5.54. The fourth-order valence-corrected chi connectivity index (χ4v) is 1.61. The highest BCUT2D eigenvalue weighted by Crippen LogP contribution is 2.17. The molecule has 0 amide bonds. The fraction of sp³-hybridized carbons (Fsp3) is 0.353. The summed E-state index contributed by atoms with van der Waals surface area (Å²) in [5.74, 6) is 0.881. The molecule has 1 aromatic carbocycles. The first-order chi connectivity index (χ1) is 11.2. The lowest BCUT2D eigenvalue weighted by molar-refractivity contribution is 0.312. The standard InChI is InChI=1S/C15H19N5O.C2H6/c1-4-10-16-13-18-14(20-15(19-13)21-5-2)17-12-8-6-11(3)7-9-12;1-2/h4,6-9H,1,5,10H2,2-3H3,(H2,16,17,18,19,20);1-2H3. The molecule has 23 heavy (non-hydrogen) atoms. The van der Waals surface area contributed by atoms with Gasteiger partial charge in [0.15, 0.2) is 0 Å². The molecule has 124 valence electrons. The summed E-state index contributed by atoms with van der Waals surface area (Å²) in [6.45, 7) is 12.6. The molecule has 0 aliphatic carbocycles. The lowest BCUT2D eigenvalue weighted by Gasteiger charge is -2.09. The molecule has 0 saturated carbocycles. The first kappa shape index (κ1) is 18.4. The Kier molecular flexibility index (Phi) is 8.13. The van der Waals surface area contributed by atoms with Gasteiger partial charge in [0.1, 0.15) is 0 Å². The Morgan fingerprint density at radius 2 is 1.74 bits per heavy atom. The van der Waals surface area contributed by atoms with Gasteiger partial charge in [-0.15, -0.1) is 6.58 Å². The Bertz CT molecular complexity index is 598. The third-order valence-corrected chi connectivity index (χ3v) is 2.60. The highest BCUT2D eigenvalue weighted by atomic mass is 16.5. The lowest BCUT2D eigenvalue weighted by Crippen LogP contribution is -2.09. The number of nitrogens with zero attached hydrogens (tertiary/aromatic N) is 3. The summed E-state index contributed by atoms with van der Waals surface area (Å²) in [5.41, 5.74) is 2.10. The van der Waals surface area contributed by atoms with Gasteiger partial charge in [-0.3, -0.25) is 0 Å². The maximum absolute atomic E-state index is 5.36. The second-order valence-electron chi connectivity index (χ2n) is 4.36. The summed E-state index contributed by atoms with van der Waals surface area (Å²) in [6.07, 6.45) is 1.73. The lowest BCUT2D eigenvalue weighted by atomic mass is 10.2. The topological polar surface area (TPSA) is 72.0 Å². The quantitative estimate of drug-likeness (QED) is 0.754. The van der Waals surface area contributed by atoms with Crippen LogP contribution in [0.15, 0.2) is 36.9 Å². The summed E-state index contributed by atoms with van der Waals surface area (Å²) in [5, 5.41) is 6.17. The van der Waals surface area contributed by atoms with Crippen molar-refractivity contribution in [2.45, 2.75) is 27.7 Å². The van der Waals surface area contributed by atoms with Gasteiger partial charge in [0, 0.05) is 12.2 Å². The van der Waals surface area contributed by atoms with Gasteiger partial charge in [-0.2, -0.15) is 15.0 Å². The Labute approximate surface area is 138 Å². The Morgan fingerprint density at radius 3 is 2.35 bits per heavy atom. The molecule has 6 nitrogen and oxygen atoms in total. The zero-order chi connectivity index (χ0) is 17.1. The molecule has 1 heterocycles. The largest absolute Gasteiger partial charge is 0.464 e. The van der Waals surface area contributed by atoms with Crippen LogP contribution in [-0.4, -0.2) is 28.1 Å². The smallest absolute Gasteiger partial charge is 0.323 e. The van der Waals surface area contributed by atoms with Crippen LogP contribution in [0.2, 0.25) is 0 Å². The summed E-state index contributed by atoms with van der Waals surface area (Å²) in [6, 6.07) is 8.26. The van der Waals surface area contributed by atoms with Crippen LogP contribution in [0.1, 0.15) is 26.3 Å². The normalized spacial score (nSPS) is 9.39. The maximum Gasteiger partial charge on any atom is 0.323 e. The predicted molar refractivity (Wildman–Crippen MR) is 95.5 cm³/mol. The van der Waals surface area contributed by atoms with Crippen molar-refractivity contribution in [3.8, 4) is 6.01 Å². The number of ether oxygens (including phenoxy) is 1. The Morgan fingerprint density at radius 1 is 1.09 bits per heavy atom. The molecule has 0 saturated heterocycles. The van der Waals surface area contributed by atoms with E-state index in [1.807, 2.05) is 52.0 Å². The number of aromatic nitrogens is 3. The van der Waals surface area contributed by atoms with Crippen molar-refractivity contribution in [2.24, 2.45) is 0 Å². The molecule has 0 radical (unpaired) electrons.